The third-order valence-electron chi connectivity index (χ3n) is 3.30. The number of carbonyl (C=O) groups excluding carboxylic acids is 3. The van der Waals surface area contributed by atoms with Crippen LogP contribution in [0.4, 0.5) is 0 Å². The molecule has 0 spiro atoms. The molecule has 6 heteroatoms. The lowest BCUT2D eigenvalue weighted by atomic mass is 10.1. The molecule has 0 aliphatic rings. The summed E-state index contributed by atoms with van der Waals surface area (Å²) in [5, 5.41) is 2.47. The summed E-state index contributed by atoms with van der Waals surface area (Å²) < 4.78 is 9.88. The van der Waals surface area contributed by atoms with Crippen molar-refractivity contribution in [2.24, 2.45) is 0 Å². The maximum atomic E-state index is 11.8. The van der Waals surface area contributed by atoms with E-state index in [4.69, 9.17) is 9.47 Å². The lowest BCUT2D eigenvalue weighted by Gasteiger charge is -2.08. The zero-order valence-corrected chi connectivity index (χ0v) is 13.9. The van der Waals surface area contributed by atoms with Gasteiger partial charge in [0.1, 0.15) is 19.8 Å². The zero-order valence-electron chi connectivity index (χ0n) is 13.9. The van der Waals surface area contributed by atoms with Crippen molar-refractivity contribution in [3.63, 3.8) is 0 Å². The van der Waals surface area contributed by atoms with Gasteiger partial charge in [0.15, 0.2) is 0 Å². The summed E-state index contributed by atoms with van der Waals surface area (Å²) in [4.78, 5) is 35.1. The van der Waals surface area contributed by atoms with Gasteiger partial charge in [-0.05, 0) is 31.2 Å². The second kappa shape index (κ2) is 9.22. The van der Waals surface area contributed by atoms with Gasteiger partial charge in [0.25, 0.3) is 5.91 Å². The summed E-state index contributed by atoms with van der Waals surface area (Å²) in [6, 6.07) is 15.5. The molecular weight excluding hydrogens is 322 g/mol. The molecule has 1 N–H and O–H groups in total. The highest BCUT2D eigenvalue weighted by molar-refractivity contribution is 5.95. The molecule has 25 heavy (non-hydrogen) atoms. The molecule has 6 nitrogen and oxygen atoms in total. The maximum absolute atomic E-state index is 11.8. The molecule has 0 aromatic heterocycles. The van der Waals surface area contributed by atoms with Crippen LogP contribution in [0.25, 0.3) is 0 Å². The topological polar surface area (TPSA) is 81.7 Å². The highest BCUT2D eigenvalue weighted by Gasteiger charge is 2.10. The normalized spacial score (nSPS) is 9.96. The number of rotatable bonds is 7. The average molecular weight is 341 g/mol. The third kappa shape index (κ3) is 6.10. The molecule has 0 saturated heterocycles. The Balaban J connectivity index is 1.63. The summed E-state index contributed by atoms with van der Waals surface area (Å²) in [6.45, 7) is 1.55. The summed E-state index contributed by atoms with van der Waals surface area (Å²) >= 11 is 0. The lowest BCUT2D eigenvalue weighted by Crippen LogP contribution is -2.31. The van der Waals surface area contributed by atoms with Crippen LogP contribution in [0.5, 0.6) is 0 Å². The van der Waals surface area contributed by atoms with Gasteiger partial charge in [-0.1, -0.05) is 35.9 Å². The Morgan fingerprint density at radius 1 is 0.840 bits per heavy atom. The highest BCUT2D eigenvalue weighted by Crippen LogP contribution is 2.03. The number of esters is 2. The number of aryl methyl sites for hydroxylation is 1. The fraction of sp³-hybridized carbons (Fsp3) is 0.211. The van der Waals surface area contributed by atoms with Gasteiger partial charge in [0.05, 0.1) is 5.56 Å². The van der Waals surface area contributed by atoms with Crippen molar-refractivity contribution in [1.82, 2.24) is 5.32 Å². The summed E-state index contributed by atoms with van der Waals surface area (Å²) in [6.07, 6.45) is 0. The quantitative estimate of drug-likeness (QED) is 0.616. The lowest BCUT2D eigenvalue weighted by molar-refractivity contribution is -0.143. The van der Waals surface area contributed by atoms with Crippen molar-refractivity contribution in [3.8, 4) is 0 Å². The fourth-order valence-corrected chi connectivity index (χ4v) is 1.96. The van der Waals surface area contributed by atoms with Gasteiger partial charge in [0.2, 0.25) is 0 Å². The van der Waals surface area contributed by atoms with E-state index in [1.165, 1.54) is 0 Å². The monoisotopic (exact) mass is 341 g/mol. The van der Waals surface area contributed by atoms with Crippen molar-refractivity contribution in [1.29, 1.82) is 0 Å². The van der Waals surface area contributed by atoms with Crippen LogP contribution in [0, 0.1) is 6.92 Å². The average Bonchev–Trinajstić information content (AvgIpc) is 2.64. The molecule has 0 radical (unpaired) electrons. The first-order valence-corrected chi connectivity index (χ1v) is 7.79. The van der Waals surface area contributed by atoms with Crippen LogP contribution >= 0.6 is 0 Å². The molecule has 0 unspecified atom stereocenters. The largest absolute Gasteiger partial charge is 0.461 e. The van der Waals surface area contributed by atoms with Crippen LogP contribution in [0.15, 0.2) is 54.6 Å². The van der Waals surface area contributed by atoms with E-state index in [0.29, 0.717) is 11.1 Å². The van der Waals surface area contributed by atoms with E-state index in [1.54, 1.807) is 42.5 Å². The molecule has 0 atom stereocenters. The Bertz CT molecular complexity index is 725. The van der Waals surface area contributed by atoms with Crippen LogP contribution in [-0.4, -0.2) is 37.6 Å². The van der Waals surface area contributed by atoms with Crippen molar-refractivity contribution in [3.05, 3.63) is 71.3 Å². The predicted molar refractivity (Wildman–Crippen MR) is 91.2 cm³/mol. The summed E-state index contributed by atoms with van der Waals surface area (Å²) in [7, 11) is 0. The number of ether oxygens (including phenoxy) is 2. The minimum Gasteiger partial charge on any atom is -0.461 e. The molecule has 0 bridgehead atoms. The minimum absolute atomic E-state index is 0.0502. The van der Waals surface area contributed by atoms with Crippen LogP contribution in [0.1, 0.15) is 26.3 Å². The van der Waals surface area contributed by atoms with Crippen LogP contribution in [0.3, 0.4) is 0 Å². The number of amides is 1. The van der Waals surface area contributed by atoms with Crippen LogP contribution < -0.4 is 5.32 Å². The standard InChI is InChI=1S/C19H19NO5/c1-14-7-9-15(10-8-14)18(22)20-13-17(21)24-11-12-25-19(23)16-5-3-2-4-6-16/h2-10H,11-13H2,1H3,(H,20,22). The van der Waals surface area contributed by atoms with Gasteiger partial charge in [0, 0.05) is 5.56 Å². The first-order valence-electron chi connectivity index (χ1n) is 7.79. The Morgan fingerprint density at radius 3 is 2.16 bits per heavy atom. The van der Waals surface area contributed by atoms with E-state index in [-0.39, 0.29) is 25.7 Å². The number of nitrogens with one attached hydrogen (secondary N) is 1. The number of hydrogen-bond acceptors (Lipinski definition) is 5. The van der Waals surface area contributed by atoms with E-state index in [1.807, 2.05) is 19.1 Å². The molecule has 0 heterocycles. The highest BCUT2D eigenvalue weighted by atomic mass is 16.6. The Hall–Kier alpha value is -3.15. The van der Waals surface area contributed by atoms with Crippen LogP contribution in [-0.2, 0) is 14.3 Å². The van der Waals surface area contributed by atoms with Crippen molar-refractivity contribution >= 4 is 17.8 Å². The molecule has 0 fully saturated rings. The van der Waals surface area contributed by atoms with Gasteiger partial charge in [-0.3, -0.25) is 9.59 Å². The van der Waals surface area contributed by atoms with Crippen molar-refractivity contribution < 1.29 is 23.9 Å². The van der Waals surface area contributed by atoms with Gasteiger partial charge in [-0.2, -0.15) is 0 Å². The van der Waals surface area contributed by atoms with E-state index in [9.17, 15) is 14.4 Å². The fourth-order valence-electron chi connectivity index (χ4n) is 1.96. The number of carbonyl (C=O) groups is 3. The van der Waals surface area contributed by atoms with Crippen molar-refractivity contribution in [2.75, 3.05) is 19.8 Å². The molecule has 130 valence electrons. The van der Waals surface area contributed by atoms with E-state index in [2.05, 4.69) is 5.32 Å². The van der Waals surface area contributed by atoms with E-state index < -0.39 is 11.9 Å². The van der Waals surface area contributed by atoms with Gasteiger partial charge in [-0.25, -0.2) is 4.79 Å². The molecular formula is C19H19NO5. The predicted octanol–water partition coefficient (Wildman–Crippen LogP) is 2.13. The Kier molecular flexibility index (Phi) is 6.71. The maximum Gasteiger partial charge on any atom is 0.338 e. The summed E-state index contributed by atoms with van der Waals surface area (Å²) in [5.41, 5.74) is 1.94. The van der Waals surface area contributed by atoms with E-state index >= 15 is 0 Å². The molecule has 1 amide bonds. The van der Waals surface area contributed by atoms with E-state index in [0.717, 1.165) is 5.56 Å². The SMILES string of the molecule is Cc1ccc(C(=O)NCC(=O)OCCOC(=O)c2ccccc2)cc1. The zero-order chi connectivity index (χ0) is 18.1. The minimum atomic E-state index is -0.601. The van der Waals surface area contributed by atoms with Gasteiger partial charge in [-0.15, -0.1) is 0 Å². The molecule has 0 saturated carbocycles. The summed E-state index contributed by atoms with van der Waals surface area (Å²) in [5.74, 6) is -1.44. The first kappa shape index (κ1) is 18.2. The molecule has 2 aromatic rings. The molecule has 2 aromatic carbocycles. The second-order valence-corrected chi connectivity index (χ2v) is 5.27. The van der Waals surface area contributed by atoms with Gasteiger partial charge < -0.3 is 14.8 Å². The number of benzene rings is 2. The van der Waals surface area contributed by atoms with Crippen LogP contribution in [0.2, 0.25) is 0 Å². The molecule has 0 aliphatic carbocycles. The number of hydrogen-bond donors (Lipinski definition) is 1. The second-order valence-electron chi connectivity index (χ2n) is 5.27. The molecule has 2 rings (SSSR count). The third-order valence-corrected chi connectivity index (χ3v) is 3.30. The smallest absolute Gasteiger partial charge is 0.338 e. The molecule has 0 aliphatic heterocycles. The van der Waals surface area contributed by atoms with Crippen molar-refractivity contribution in [2.45, 2.75) is 6.92 Å². The van der Waals surface area contributed by atoms with Gasteiger partial charge >= 0.3 is 11.9 Å². The first-order chi connectivity index (χ1) is 12.1. The Morgan fingerprint density at radius 2 is 1.48 bits per heavy atom. The Labute approximate surface area is 145 Å².